The molecule has 1 heterocycles. The summed E-state index contributed by atoms with van der Waals surface area (Å²) in [5, 5.41) is 15.6. The maximum absolute atomic E-state index is 10.4. The highest BCUT2D eigenvalue weighted by Crippen LogP contribution is 1.88. The maximum atomic E-state index is 10.4. The summed E-state index contributed by atoms with van der Waals surface area (Å²) >= 11 is 0. The molecule has 0 atom stereocenters. The molecule has 4 N–H and O–H groups in total. The third-order valence-electron chi connectivity index (χ3n) is 1.29. The molecule has 0 aliphatic heterocycles. The van der Waals surface area contributed by atoms with E-state index in [0.717, 1.165) is 0 Å². The van der Waals surface area contributed by atoms with Crippen LogP contribution in [0.2, 0.25) is 0 Å². The van der Waals surface area contributed by atoms with Crippen LogP contribution in [0.25, 0.3) is 0 Å². The number of aliphatic carboxylic acids is 2. The number of rotatable bonds is 3. The maximum Gasteiger partial charge on any atom is 0.328 e. The number of hydrogen-bond acceptors (Lipinski definition) is 4. The van der Waals surface area contributed by atoms with Gasteiger partial charge in [-0.3, -0.25) is 9.78 Å². The first-order valence-corrected chi connectivity index (χ1v) is 4.28. The van der Waals surface area contributed by atoms with Gasteiger partial charge in [0.05, 0.1) is 0 Å². The molecule has 0 fully saturated rings. The smallest absolute Gasteiger partial charge is 0.328 e. The zero-order chi connectivity index (χ0) is 13.3. The van der Waals surface area contributed by atoms with Crippen molar-refractivity contribution in [3.63, 3.8) is 0 Å². The van der Waals surface area contributed by atoms with Gasteiger partial charge in [-0.25, -0.2) is 9.59 Å². The lowest BCUT2D eigenvalue weighted by Gasteiger charge is -1.88. The van der Waals surface area contributed by atoms with Crippen molar-refractivity contribution in [2.75, 3.05) is 0 Å². The molecule has 0 aliphatic carbocycles. The van der Waals surface area contributed by atoms with Gasteiger partial charge in [-0.15, -0.1) is 0 Å². The highest BCUT2D eigenvalue weighted by molar-refractivity contribution is 5.90. The molecule has 0 radical (unpaired) electrons. The van der Waals surface area contributed by atoms with Crippen LogP contribution in [-0.2, 0) is 9.59 Å². The van der Waals surface area contributed by atoms with E-state index in [2.05, 4.69) is 4.98 Å². The molecule has 0 bridgehead atoms. The first kappa shape index (κ1) is 14.3. The number of amides is 1. The van der Waals surface area contributed by atoms with Gasteiger partial charge in [0, 0.05) is 18.3 Å². The summed E-state index contributed by atoms with van der Waals surface area (Å²) < 4.78 is 0. The van der Waals surface area contributed by atoms with Gasteiger partial charge in [-0.1, -0.05) is 6.07 Å². The molecule has 1 aromatic rings. The van der Waals surface area contributed by atoms with Gasteiger partial charge in [-0.2, -0.15) is 0 Å². The van der Waals surface area contributed by atoms with Crippen molar-refractivity contribution in [1.29, 1.82) is 0 Å². The number of pyridine rings is 1. The number of primary amides is 1. The fourth-order valence-electron chi connectivity index (χ4n) is 0.651. The molecule has 0 saturated heterocycles. The Morgan fingerprint density at radius 3 is 1.88 bits per heavy atom. The topological polar surface area (TPSA) is 131 Å². The standard InChI is InChI=1S/C6H6N2O.C4H4O4/c7-6(9)5-3-1-2-4-8-5;5-3(6)1-2-4(7)8/h1-4H,(H2,7,9);1-2H,(H,5,6)(H,7,8). The lowest BCUT2D eigenvalue weighted by Crippen LogP contribution is -2.12. The Hall–Kier alpha value is -2.70. The number of carboxylic acids is 2. The highest BCUT2D eigenvalue weighted by atomic mass is 16.4. The third kappa shape index (κ3) is 8.30. The highest BCUT2D eigenvalue weighted by Gasteiger charge is 1.96. The number of hydrogen-bond donors (Lipinski definition) is 3. The van der Waals surface area contributed by atoms with E-state index >= 15 is 0 Å². The van der Waals surface area contributed by atoms with Gasteiger partial charge in [0.25, 0.3) is 5.91 Å². The summed E-state index contributed by atoms with van der Waals surface area (Å²) in [7, 11) is 0. The number of nitrogens with zero attached hydrogens (tertiary/aromatic N) is 1. The normalized spacial score (nSPS) is 9.18. The molecule has 0 unspecified atom stereocenters. The summed E-state index contributed by atoms with van der Waals surface area (Å²) in [5.41, 5.74) is 5.22. The number of nitrogens with two attached hydrogens (primary N) is 1. The second kappa shape index (κ2) is 7.57. The second-order valence-electron chi connectivity index (χ2n) is 2.59. The molecule has 1 amide bonds. The molecule has 0 saturated carbocycles. The molecule has 17 heavy (non-hydrogen) atoms. The van der Waals surface area contributed by atoms with E-state index in [1.807, 2.05) is 0 Å². The Kier molecular flexibility index (Phi) is 6.37. The predicted octanol–water partition coefficient (Wildman–Crippen LogP) is -0.108. The molecule has 0 aromatic carbocycles. The van der Waals surface area contributed by atoms with Gasteiger partial charge in [-0.05, 0) is 12.1 Å². The van der Waals surface area contributed by atoms with E-state index in [1.165, 1.54) is 6.20 Å². The minimum Gasteiger partial charge on any atom is -0.478 e. The Labute approximate surface area is 96.2 Å². The van der Waals surface area contributed by atoms with Gasteiger partial charge >= 0.3 is 11.9 Å². The van der Waals surface area contributed by atoms with Crippen molar-refractivity contribution in [2.24, 2.45) is 5.73 Å². The minimum absolute atomic E-state index is 0.303. The van der Waals surface area contributed by atoms with Crippen molar-refractivity contribution in [3.05, 3.63) is 42.2 Å². The van der Waals surface area contributed by atoms with Crippen LogP contribution < -0.4 is 5.73 Å². The van der Waals surface area contributed by atoms with Crippen LogP contribution in [0.1, 0.15) is 10.5 Å². The van der Waals surface area contributed by atoms with E-state index in [0.29, 0.717) is 17.8 Å². The SMILES string of the molecule is NC(=O)c1ccccn1.O=C(O)C=CC(=O)O. The summed E-state index contributed by atoms with van der Waals surface area (Å²) in [6.07, 6.45) is 2.64. The molecule has 0 spiro atoms. The van der Waals surface area contributed by atoms with E-state index in [9.17, 15) is 14.4 Å². The molecule has 7 heteroatoms. The Morgan fingerprint density at radius 1 is 1.12 bits per heavy atom. The van der Waals surface area contributed by atoms with Crippen LogP contribution in [-0.4, -0.2) is 33.0 Å². The summed E-state index contributed by atoms with van der Waals surface area (Å²) in [4.78, 5) is 33.2. The van der Waals surface area contributed by atoms with Gasteiger partial charge in [0.1, 0.15) is 5.69 Å². The first-order valence-electron chi connectivity index (χ1n) is 4.28. The summed E-state index contributed by atoms with van der Waals surface area (Å²) in [6, 6.07) is 5.02. The zero-order valence-corrected chi connectivity index (χ0v) is 8.61. The summed E-state index contributed by atoms with van der Waals surface area (Å²) in [6.45, 7) is 0. The monoisotopic (exact) mass is 238 g/mol. The molecular formula is C10H10N2O5. The van der Waals surface area contributed by atoms with Crippen molar-refractivity contribution >= 4 is 17.8 Å². The zero-order valence-electron chi connectivity index (χ0n) is 8.61. The Balaban J connectivity index is 0.000000304. The van der Waals surface area contributed by atoms with Crippen molar-refractivity contribution in [3.8, 4) is 0 Å². The Bertz CT molecular complexity index is 412. The minimum atomic E-state index is -1.26. The Morgan fingerprint density at radius 2 is 1.65 bits per heavy atom. The lowest BCUT2D eigenvalue weighted by molar-refractivity contribution is -0.134. The quantitative estimate of drug-likeness (QED) is 0.630. The van der Waals surface area contributed by atoms with Crippen LogP contribution in [0.4, 0.5) is 0 Å². The van der Waals surface area contributed by atoms with Crippen LogP contribution in [0, 0.1) is 0 Å². The second-order valence-corrected chi connectivity index (χ2v) is 2.59. The average molecular weight is 238 g/mol. The van der Waals surface area contributed by atoms with Crippen LogP contribution in [0.5, 0.6) is 0 Å². The van der Waals surface area contributed by atoms with Crippen molar-refractivity contribution in [2.45, 2.75) is 0 Å². The van der Waals surface area contributed by atoms with Gasteiger partial charge < -0.3 is 15.9 Å². The fraction of sp³-hybridized carbons (Fsp3) is 0. The van der Waals surface area contributed by atoms with Crippen molar-refractivity contribution in [1.82, 2.24) is 4.98 Å². The molecule has 0 aliphatic rings. The molecular weight excluding hydrogens is 228 g/mol. The van der Waals surface area contributed by atoms with E-state index < -0.39 is 17.8 Å². The number of carbonyl (C=O) groups is 3. The number of carboxylic acid groups (broad SMARTS) is 2. The first-order chi connectivity index (χ1) is 7.93. The van der Waals surface area contributed by atoms with Gasteiger partial charge in [0.2, 0.25) is 0 Å². The molecule has 7 nitrogen and oxygen atoms in total. The molecule has 90 valence electrons. The number of carbonyl (C=O) groups excluding carboxylic acids is 1. The number of aromatic nitrogens is 1. The average Bonchev–Trinajstić information content (AvgIpc) is 2.28. The molecule has 1 rings (SSSR count). The van der Waals surface area contributed by atoms with E-state index in [1.54, 1.807) is 18.2 Å². The van der Waals surface area contributed by atoms with E-state index in [-0.39, 0.29) is 0 Å². The van der Waals surface area contributed by atoms with Crippen LogP contribution >= 0.6 is 0 Å². The van der Waals surface area contributed by atoms with Crippen LogP contribution in [0.3, 0.4) is 0 Å². The van der Waals surface area contributed by atoms with Crippen LogP contribution in [0.15, 0.2) is 36.5 Å². The largest absolute Gasteiger partial charge is 0.478 e. The van der Waals surface area contributed by atoms with Crippen molar-refractivity contribution < 1.29 is 24.6 Å². The summed E-state index contributed by atoms with van der Waals surface area (Å²) in [5.74, 6) is -3.00. The van der Waals surface area contributed by atoms with Gasteiger partial charge in [0.15, 0.2) is 0 Å². The molecule has 1 aromatic heterocycles. The van der Waals surface area contributed by atoms with E-state index in [4.69, 9.17) is 15.9 Å². The fourth-order valence-corrected chi connectivity index (χ4v) is 0.651. The third-order valence-corrected chi connectivity index (χ3v) is 1.29. The lowest BCUT2D eigenvalue weighted by atomic mass is 10.3. The predicted molar refractivity (Wildman–Crippen MR) is 57.2 cm³/mol.